The molecule has 1 aliphatic heterocycles. The topological polar surface area (TPSA) is 113 Å². The number of aromatic nitrogens is 2. The van der Waals surface area contributed by atoms with Gasteiger partial charge in [0.2, 0.25) is 11.9 Å². The molecule has 19 heavy (non-hydrogen) atoms. The van der Waals surface area contributed by atoms with Crippen molar-refractivity contribution in [3.05, 3.63) is 12.0 Å². The van der Waals surface area contributed by atoms with Crippen molar-refractivity contribution < 1.29 is 14.0 Å². The summed E-state index contributed by atoms with van der Waals surface area (Å²) in [6.07, 6.45) is 1.44. The van der Waals surface area contributed by atoms with Gasteiger partial charge in [0.25, 0.3) is 5.91 Å². The Morgan fingerprint density at radius 2 is 2.26 bits per heavy atom. The zero-order chi connectivity index (χ0) is 14.0. The van der Waals surface area contributed by atoms with E-state index >= 15 is 0 Å². The van der Waals surface area contributed by atoms with Gasteiger partial charge in [-0.2, -0.15) is 4.98 Å². The fourth-order valence-corrected chi connectivity index (χ4v) is 1.75. The molecule has 0 aromatic carbocycles. The van der Waals surface area contributed by atoms with E-state index in [1.165, 1.54) is 7.05 Å². The summed E-state index contributed by atoms with van der Waals surface area (Å²) >= 11 is 0. The van der Waals surface area contributed by atoms with E-state index in [-0.39, 0.29) is 30.5 Å². The summed E-state index contributed by atoms with van der Waals surface area (Å²) in [7, 11) is 1.39. The molecule has 1 aromatic heterocycles. The quantitative estimate of drug-likeness (QED) is 0.383. The molecule has 0 spiro atoms. The maximum atomic E-state index is 13.5. The number of piperidine rings is 1. The number of carbonyl (C=O) groups is 2. The van der Waals surface area contributed by atoms with Crippen molar-refractivity contribution in [2.45, 2.75) is 18.9 Å². The number of nitrogens with one attached hydrogen (secondary N) is 2. The van der Waals surface area contributed by atoms with Crippen molar-refractivity contribution in [3.8, 4) is 0 Å². The van der Waals surface area contributed by atoms with E-state index in [2.05, 4.69) is 20.7 Å². The highest BCUT2D eigenvalue weighted by molar-refractivity contribution is 6.01. The predicted molar refractivity (Wildman–Crippen MR) is 64.2 cm³/mol. The van der Waals surface area contributed by atoms with Crippen LogP contribution in [0.4, 0.5) is 16.2 Å². The lowest BCUT2D eigenvalue weighted by molar-refractivity contribution is -0.146. The standard InChI is InChI=1S/C10H13FN6O2/c1-17-7(18)3-2-6(9(17)19)14-8-5(11)4-13-10(15-8)16-12/h4,6H,2-3,12H2,1H3,(H2,13,14,15,16). The number of hydrogen-bond donors (Lipinski definition) is 3. The van der Waals surface area contributed by atoms with Gasteiger partial charge in [-0.1, -0.05) is 0 Å². The number of rotatable bonds is 3. The Kier molecular flexibility index (Phi) is 3.56. The molecule has 1 atom stereocenters. The van der Waals surface area contributed by atoms with Crippen LogP contribution in [0.3, 0.4) is 0 Å². The highest BCUT2D eigenvalue weighted by atomic mass is 19.1. The van der Waals surface area contributed by atoms with Crippen molar-refractivity contribution in [3.63, 3.8) is 0 Å². The van der Waals surface area contributed by atoms with Gasteiger partial charge in [-0.25, -0.2) is 15.2 Å². The minimum Gasteiger partial charge on any atom is -0.356 e. The van der Waals surface area contributed by atoms with E-state index in [4.69, 9.17) is 5.84 Å². The average molecular weight is 268 g/mol. The van der Waals surface area contributed by atoms with Crippen molar-refractivity contribution in [1.82, 2.24) is 14.9 Å². The number of anilines is 2. The van der Waals surface area contributed by atoms with Crippen LogP contribution in [0.2, 0.25) is 0 Å². The number of hydrazine groups is 1. The summed E-state index contributed by atoms with van der Waals surface area (Å²) in [5.74, 6) is 3.64. The van der Waals surface area contributed by atoms with Gasteiger partial charge >= 0.3 is 0 Å². The molecule has 8 nitrogen and oxygen atoms in total. The highest BCUT2D eigenvalue weighted by Crippen LogP contribution is 2.18. The predicted octanol–water partition coefficient (Wildman–Crippen LogP) is -0.539. The van der Waals surface area contributed by atoms with Crippen molar-refractivity contribution in [2.75, 3.05) is 17.8 Å². The smallest absolute Gasteiger partial charge is 0.251 e. The van der Waals surface area contributed by atoms with E-state index < -0.39 is 17.8 Å². The Balaban J connectivity index is 2.17. The molecule has 102 valence electrons. The van der Waals surface area contributed by atoms with Gasteiger partial charge < -0.3 is 5.32 Å². The van der Waals surface area contributed by atoms with Crippen LogP contribution in [-0.4, -0.2) is 39.8 Å². The molecular weight excluding hydrogens is 255 g/mol. The van der Waals surface area contributed by atoms with Crippen molar-refractivity contribution in [1.29, 1.82) is 0 Å². The van der Waals surface area contributed by atoms with Gasteiger partial charge in [0.15, 0.2) is 11.6 Å². The SMILES string of the molecule is CN1C(=O)CCC(Nc2nc(NN)ncc2F)C1=O. The van der Waals surface area contributed by atoms with Gasteiger partial charge in [0.1, 0.15) is 6.04 Å². The molecule has 9 heteroatoms. The summed E-state index contributed by atoms with van der Waals surface area (Å²) in [5.41, 5.74) is 2.18. The second kappa shape index (κ2) is 5.14. The van der Waals surface area contributed by atoms with Crippen LogP contribution in [-0.2, 0) is 9.59 Å². The Hall–Kier alpha value is -2.29. The number of likely N-dealkylation sites (N-methyl/N-ethyl adjacent to an activating group) is 1. The second-order valence-corrected chi connectivity index (χ2v) is 4.06. The zero-order valence-electron chi connectivity index (χ0n) is 10.2. The van der Waals surface area contributed by atoms with Crippen molar-refractivity contribution in [2.24, 2.45) is 5.84 Å². The third-order valence-electron chi connectivity index (χ3n) is 2.83. The molecule has 1 unspecified atom stereocenters. The molecule has 2 rings (SSSR count). The van der Waals surface area contributed by atoms with Crippen molar-refractivity contribution >= 4 is 23.6 Å². The van der Waals surface area contributed by atoms with Crippen LogP contribution >= 0.6 is 0 Å². The van der Waals surface area contributed by atoms with E-state index in [1.54, 1.807) is 0 Å². The molecule has 1 aromatic rings. The summed E-state index contributed by atoms with van der Waals surface area (Å²) in [6.45, 7) is 0. The van der Waals surface area contributed by atoms with Crippen LogP contribution in [0.25, 0.3) is 0 Å². The van der Waals surface area contributed by atoms with Gasteiger partial charge in [0, 0.05) is 13.5 Å². The van der Waals surface area contributed by atoms with Gasteiger partial charge in [-0.3, -0.25) is 19.9 Å². The van der Waals surface area contributed by atoms with E-state index in [1.807, 2.05) is 0 Å². The molecule has 2 amide bonds. The van der Waals surface area contributed by atoms with E-state index in [0.717, 1.165) is 11.1 Å². The number of carbonyl (C=O) groups excluding carboxylic acids is 2. The molecule has 0 radical (unpaired) electrons. The van der Waals surface area contributed by atoms with Crippen LogP contribution < -0.4 is 16.6 Å². The zero-order valence-corrected chi connectivity index (χ0v) is 10.2. The number of hydrogen-bond acceptors (Lipinski definition) is 7. The van der Waals surface area contributed by atoms with Gasteiger partial charge in [-0.05, 0) is 6.42 Å². The third-order valence-corrected chi connectivity index (χ3v) is 2.83. The molecule has 4 N–H and O–H groups in total. The average Bonchev–Trinajstić information content (AvgIpc) is 2.41. The van der Waals surface area contributed by atoms with E-state index in [9.17, 15) is 14.0 Å². The number of halogens is 1. The maximum Gasteiger partial charge on any atom is 0.251 e. The Morgan fingerprint density at radius 1 is 1.53 bits per heavy atom. The van der Waals surface area contributed by atoms with Crippen LogP contribution in [0, 0.1) is 5.82 Å². The number of nitrogen functional groups attached to an aromatic ring is 1. The minimum absolute atomic E-state index is 0.0246. The summed E-state index contributed by atoms with van der Waals surface area (Å²) in [4.78, 5) is 31.5. The monoisotopic (exact) mass is 268 g/mol. The molecule has 1 aliphatic rings. The number of nitrogens with two attached hydrogens (primary N) is 1. The summed E-state index contributed by atoms with van der Waals surface area (Å²) in [5, 5.41) is 2.66. The first-order valence-electron chi connectivity index (χ1n) is 5.59. The molecular formula is C10H13FN6O2. The van der Waals surface area contributed by atoms with Gasteiger partial charge in [0.05, 0.1) is 6.20 Å². The fourth-order valence-electron chi connectivity index (χ4n) is 1.75. The normalized spacial score (nSPS) is 19.5. The van der Waals surface area contributed by atoms with E-state index in [0.29, 0.717) is 0 Å². The Bertz CT molecular complexity index is 523. The lowest BCUT2D eigenvalue weighted by Gasteiger charge is -2.28. The van der Waals surface area contributed by atoms with Gasteiger partial charge in [-0.15, -0.1) is 0 Å². The molecule has 1 fully saturated rings. The Morgan fingerprint density at radius 3 is 2.95 bits per heavy atom. The highest BCUT2D eigenvalue weighted by Gasteiger charge is 2.32. The lowest BCUT2D eigenvalue weighted by atomic mass is 10.0. The first-order valence-corrected chi connectivity index (χ1v) is 5.59. The number of amides is 2. The van der Waals surface area contributed by atoms with Crippen LogP contribution in [0.1, 0.15) is 12.8 Å². The molecule has 0 saturated carbocycles. The molecule has 0 aliphatic carbocycles. The largest absolute Gasteiger partial charge is 0.356 e. The van der Waals surface area contributed by atoms with Crippen LogP contribution in [0.15, 0.2) is 6.20 Å². The molecule has 0 bridgehead atoms. The maximum absolute atomic E-state index is 13.5. The number of imide groups is 1. The van der Waals surface area contributed by atoms with Crippen LogP contribution in [0.5, 0.6) is 0 Å². The summed E-state index contributed by atoms with van der Waals surface area (Å²) < 4.78 is 13.5. The minimum atomic E-state index is -0.702. The first-order chi connectivity index (χ1) is 9.02. The number of likely N-dealkylation sites (tertiary alicyclic amines) is 1. The lowest BCUT2D eigenvalue weighted by Crippen LogP contribution is -2.48. The second-order valence-electron chi connectivity index (χ2n) is 4.06. The first kappa shape index (κ1) is 13.1. The number of nitrogens with zero attached hydrogens (tertiary/aromatic N) is 3. The fraction of sp³-hybridized carbons (Fsp3) is 0.400. The Labute approximate surface area is 108 Å². The summed E-state index contributed by atoms with van der Waals surface area (Å²) in [6, 6.07) is -0.697. The third kappa shape index (κ3) is 2.60. The molecule has 2 heterocycles. The molecule has 1 saturated heterocycles.